The van der Waals surface area contributed by atoms with E-state index in [0.29, 0.717) is 16.0 Å². The Hall–Kier alpha value is -3.16. The molecule has 0 aromatic heterocycles. The van der Waals surface area contributed by atoms with Crippen LogP contribution in [0.2, 0.25) is 0 Å². The van der Waals surface area contributed by atoms with Gasteiger partial charge in [-0.2, -0.15) is 0 Å². The quantitative estimate of drug-likeness (QED) is 0.474. The van der Waals surface area contributed by atoms with Crippen LogP contribution in [0.3, 0.4) is 0 Å². The van der Waals surface area contributed by atoms with Gasteiger partial charge in [-0.25, -0.2) is 14.5 Å². The number of carbonyl (C=O) groups excluding carboxylic acids is 3. The predicted octanol–water partition coefficient (Wildman–Crippen LogP) is 0.450. The number of hydrogen-bond donors (Lipinski definition) is 2. The Balaban J connectivity index is 2.19. The van der Waals surface area contributed by atoms with Crippen molar-refractivity contribution < 1.29 is 29.0 Å². The second-order valence-corrected chi connectivity index (χ2v) is 4.39. The van der Waals surface area contributed by atoms with Crippen LogP contribution >= 0.6 is 0 Å². The zero-order valence-electron chi connectivity index (χ0n) is 11.5. The number of aliphatic carboxylic acids is 1. The molecule has 0 saturated carbocycles. The maximum Gasteiger partial charge on any atom is 0.337 e. The number of hydrogen-bond acceptors (Lipinski definition) is 5. The molecule has 0 atom stereocenters. The van der Waals surface area contributed by atoms with Crippen LogP contribution in [0, 0.1) is 0 Å². The summed E-state index contributed by atoms with van der Waals surface area (Å²) in [5, 5.41) is 11.0. The van der Waals surface area contributed by atoms with Gasteiger partial charge in [0.2, 0.25) is 0 Å². The fourth-order valence-electron chi connectivity index (χ4n) is 1.85. The summed E-state index contributed by atoms with van der Waals surface area (Å²) in [6.45, 7) is -0.705. The van der Waals surface area contributed by atoms with Crippen molar-refractivity contribution >= 4 is 30.0 Å². The van der Waals surface area contributed by atoms with Crippen molar-refractivity contribution in [2.75, 3.05) is 13.7 Å². The molecule has 1 aromatic carbocycles. The molecule has 3 amide bonds. The number of nitrogens with one attached hydrogen (secondary N) is 1. The maximum atomic E-state index is 11.9. The van der Waals surface area contributed by atoms with Gasteiger partial charge in [0.15, 0.2) is 0 Å². The summed E-state index contributed by atoms with van der Waals surface area (Å²) in [5.74, 6) is -2.49. The van der Waals surface area contributed by atoms with Gasteiger partial charge in [-0.3, -0.25) is 9.59 Å². The van der Waals surface area contributed by atoms with E-state index >= 15 is 0 Å². The summed E-state index contributed by atoms with van der Waals surface area (Å²) in [6, 6.07) is 5.37. The molecule has 114 valence electrons. The first-order valence-electron chi connectivity index (χ1n) is 6.17. The van der Waals surface area contributed by atoms with E-state index < -0.39 is 30.4 Å². The smallest absolute Gasteiger partial charge is 0.337 e. The molecule has 2 rings (SSSR count). The third kappa shape index (κ3) is 3.11. The second-order valence-electron chi connectivity index (χ2n) is 4.39. The van der Waals surface area contributed by atoms with Crippen LogP contribution in [0.4, 0.5) is 4.79 Å². The first kappa shape index (κ1) is 15.2. The van der Waals surface area contributed by atoms with E-state index in [0.717, 1.165) is 0 Å². The third-order valence-corrected chi connectivity index (χ3v) is 2.90. The van der Waals surface area contributed by atoms with Crippen molar-refractivity contribution in [1.29, 1.82) is 0 Å². The van der Waals surface area contributed by atoms with Gasteiger partial charge in [-0.05, 0) is 23.8 Å². The van der Waals surface area contributed by atoms with Gasteiger partial charge in [0.05, 0.1) is 12.7 Å². The Bertz CT molecular complexity index is 677. The standard InChI is InChI=1S/C14H12N2O6/c1-22-13(20)9-4-2-8(3-5-9)6-10-12(19)16(7-11(17)18)14(21)15-10/h2-6H,7H2,1H3,(H,15,21)(H,17,18). The Morgan fingerprint density at radius 3 is 2.45 bits per heavy atom. The number of methoxy groups -OCH3 is 1. The zero-order valence-corrected chi connectivity index (χ0v) is 11.5. The van der Waals surface area contributed by atoms with Crippen molar-refractivity contribution in [3.05, 3.63) is 41.1 Å². The molecule has 1 fully saturated rings. The van der Waals surface area contributed by atoms with Crippen LogP contribution in [0.25, 0.3) is 6.08 Å². The maximum absolute atomic E-state index is 11.9. The molecule has 8 nitrogen and oxygen atoms in total. The van der Waals surface area contributed by atoms with E-state index in [-0.39, 0.29) is 5.70 Å². The van der Waals surface area contributed by atoms with E-state index in [4.69, 9.17) is 5.11 Å². The summed E-state index contributed by atoms with van der Waals surface area (Å²) >= 11 is 0. The molecule has 1 heterocycles. The molecule has 1 aliphatic heterocycles. The summed E-state index contributed by atoms with van der Waals surface area (Å²) in [7, 11) is 1.27. The highest BCUT2D eigenvalue weighted by molar-refractivity contribution is 6.15. The molecular formula is C14H12N2O6. The van der Waals surface area contributed by atoms with Gasteiger partial charge < -0.3 is 15.2 Å². The van der Waals surface area contributed by atoms with E-state index in [1.54, 1.807) is 12.1 Å². The average Bonchev–Trinajstić information content (AvgIpc) is 2.74. The first-order valence-corrected chi connectivity index (χ1v) is 6.17. The fraction of sp³-hybridized carbons (Fsp3) is 0.143. The van der Waals surface area contributed by atoms with Crippen molar-refractivity contribution in [2.24, 2.45) is 0 Å². The van der Waals surface area contributed by atoms with Gasteiger partial charge in [0, 0.05) is 0 Å². The highest BCUT2D eigenvalue weighted by atomic mass is 16.5. The Labute approximate surface area is 125 Å². The third-order valence-electron chi connectivity index (χ3n) is 2.90. The molecule has 22 heavy (non-hydrogen) atoms. The molecule has 1 saturated heterocycles. The van der Waals surface area contributed by atoms with E-state index in [1.807, 2.05) is 0 Å². The Kier molecular flexibility index (Phi) is 4.21. The molecule has 8 heteroatoms. The number of benzene rings is 1. The van der Waals surface area contributed by atoms with Crippen LogP contribution in [-0.2, 0) is 14.3 Å². The summed E-state index contributed by atoms with van der Waals surface area (Å²) < 4.78 is 4.56. The highest BCUT2D eigenvalue weighted by Gasteiger charge is 2.34. The minimum Gasteiger partial charge on any atom is -0.480 e. The van der Waals surface area contributed by atoms with Gasteiger partial charge in [-0.1, -0.05) is 12.1 Å². The second kappa shape index (κ2) is 6.08. The molecule has 0 spiro atoms. The lowest BCUT2D eigenvalue weighted by Gasteiger charge is -2.06. The summed E-state index contributed by atoms with van der Waals surface area (Å²) in [6.07, 6.45) is 1.39. The number of urea groups is 1. The number of carboxylic acid groups (broad SMARTS) is 1. The van der Waals surface area contributed by atoms with Crippen LogP contribution < -0.4 is 5.32 Å². The minimum atomic E-state index is -1.29. The number of nitrogens with zero attached hydrogens (tertiary/aromatic N) is 1. The lowest BCUT2D eigenvalue weighted by molar-refractivity contribution is -0.140. The molecule has 0 unspecified atom stereocenters. The number of carboxylic acids is 1. The SMILES string of the molecule is COC(=O)c1ccc(C=C2NC(=O)N(CC(=O)O)C2=O)cc1. The lowest BCUT2D eigenvalue weighted by atomic mass is 10.1. The summed E-state index contributed by atoms with van der Waals surface area (Å²) in [5.41, 5.74) is 0.879. The van der Waals surface area contributed by atoms with Crippen molar-refractivity contribution in [3.8, 4) is 0 Å². The van der Waals surface area contributed by atoms with Crippen LogP contribution in [0.1, 0.15) is 15.9 Å². The van der Waals surface area contributed by atoms with Gasteiger partial charge in [0.25, 0.3) is 5.91 Å². The minimum absolute atomic E-state index is 0.0305. The van der Waals surface area contributed by atoms with Gasteiger partial charge in [-0.15, -0.1) is 0 Å². The topological polar surface area (TPSA) is 113 Å². The van der Waals surface area contributed by atoms with E-state index in [1.165, 1.54) is 25.3 Å². The van der Waals surface area contributed by atoms with Crippen molar-refractivity contribution in [1.82, 2.24) is 10.2 Å². The van der Waals surface area contributed by atoms with E-state index in [9.17, 15) is 19.2 Å². The van der Waals surface area contributed by atoms with Gasteiger partial charge in [0.1, 0.15) is 12.2 Å². The molecule has 1 aromatic rings. The Morgan fingerprint density at radius 2 is 1.91 bits per heavy atom. The fourth-order valence-corrected chi connectivity index (χ4v) is 1.85. The van der Waals surface area contributed by atoms with Crippen molar-refractivity contribution in [3.63, 3.8) is 0 Å². The summed E-state index contributed by atoms with van der Waals surface area (Å²) in [4.78, 5) is 45.9. The molecule has 0 radical (unpaired) electrons. The molecular weight excluding hydrogens is 292 g/mol. The van der Waals surface area contributed by atoms with Crippen molar-refractivity contribution in [2.45, 2.75) is 0 Å². The molecule has 0 aliphatic carbocycles. The van der Waals surface area contributed by atoms with Gasteiger partial charge >= 0.3 is 18.0 Å². The lowest BCUT2D eigenvalue weighted by Crippen LogP contribution is -2.35. The predicted molar refractivity (Wildman–Crippen MR) is 73.6 cm³/mol. The van der Waals surface area contributed by atoms with E-state index in [2.05, 4.69) is 10.1 Å². The molecule has 1 aliphatic rings. The Morgan fingerprint density at radius 1 is 1.27 bits per heavy atom. The average molecular weight is 304 g/mol. The number of carbonyl (C=O) groups is 4. The van der Waals surface area contributed by atoms with Crippen LogP contribution in [-0.4, -0.2) is 47.5 Å². The number of rotatable bonds is 4. The zero-order chi connectivity index (χ0) is 16.3. The molecule has 2 N–H and O–H groups in total. The molecule has 0 bridgehead atoms. The largest absolute Gasteiger partial charge is 0.480 e. The van der Waals surface area contributed by atoms with Crippen LogP contribution in [0.15, 0.2) is 30.0 Å². The number of imide groups is 1. The number of esters is 1. The van der Waals surface area contributed by atoms with Crippen LogP contribution in [0.5, 0.6) is 0 Å². The number of amides is 3. The first-order chi connectivity index (χ1) is 10.4. The normalized spacial score (nSPS) is 15.9. The number of ether oxygens (including phenoxy) is 1. The highest BCUT2D eigenvalue weighted by Crippen LogP contribution is 2.14. The monoisotopic (exact) mass is 304 g/mol.